The van der Waals surface area contributed by atoms with Gasteiger partial charge >= 0.3 is 4.87 Å². The molecule has 4 rings (SSSR count). The fourth-order valence-corrected chi connectivity index (χ4v) is 3.52. The lowest BCUT2D eigenvalue weighted by atomic mass is 10.1. The van der Waals surface area contributed by atoms with E-state index in [2.05, 4.69) is 10.2 Å². The van der Waals surface area contributed by atoms with Gasteiger partial charge < -0.3 is 0 Å². The average Bonchev–Trinajstić information content (AvgIpc) is 3.25. The molecule has 4 aromatic rings. The molecule has 0 amide bonds. The van der Waals surface area contributed by atoms with Crippen molar-refractivity contribution in [1.82, 2.24) is 19.6 Å². The highest BCUT2D eigenvalue weighted by Crippen LogP contribution is 2.24. The van der Waals surface area contributed by atoms with Crippen molar-refractivity contribution in [3.05, 3.63) is 87.1 Å². The molecule has 6 heteroatoms. The van der Waals surface area contributed by atoms with Crippen molar-refractivity contribution in [3.8, 4) is 16.9 Å². The van der Waals surface area contributed by atoms with E-state index in [9.17, 15) is 4.79 Å². The standard InChI is InChI=1S/C19H16N4OS/c1-14-7-5-6-10-17(14)18-13-25-19(24)22(18)12-15-11-20-23(21-15)16-8-3-2-4-9-16/h2-11,13H,12H2,1H3. The summed E-state index contributed by atoms with van der Waals surface area (Å²) >= 11 is 1.21. The van der Waals surface area contributed by atoms with E-state index in [4.69, 9.17) is 0 Å². The monoisotopic (exact) mass is 348 g/mol. The number of hydrogen-bond donors (Lipinski definition) is 0. The molecule has 5 nitrogen and oxygen atoms in total. The Morgan fingerprint density at radius 3 is 2.60 bits per heavy atom. The van der Waals surface area contributed by atoms with Gasteiger partial charge in [0.05, 0.1) is 24.1 Å². The molecule has 0 radical (unpaired) electrons. The van der Waals surface area contributed by atoms with E-state index in [0.29, 0.717) is 6.54 Å². The lowest BCUT2D eigenvalue weighted by Crippen LogP contribution is -2.16. The molecule has 25 heavy (non-hydrogen) atoms. The van der Waals surface area contributed by atoms with Gasteiger partial charge in [0.25, 0.3) is 0 Å². The van der Waals surface area contributed by atoms with E-state index >= 15 is 0 Å². The predicted octanol–water partition coefficient (Wildman–Crippen LogP) is 3.51. The van der Waals surface area contributed by atoms with Gasteiger partial charge in [0.15, 0.2) is 0 Å². The lowest BCUT2D eigenvalue weighted by molar-refractivity contribution is 0.710. The molecule has 0 saturated carbocycles. The summed E-state index contributed by atoms with van der Waals surface area (Å²) in [6, 6.07) is 17.8. The van der Waals surface area contributed by atoms with Crippen LogP contribution < -0.4 is 4.87 Å². The molecule has 0 spiro atoms. The molecule has 0 bridgehead atoms. The van der Waals surface area contributed by atoms with Crippen LogP contribution in [0.25, 0.3) is 16.9 Å². The Bertz CT molecular complexity index is 1060. The number of aromatic nitrogens is 4. The van der Waals surface area contributed by atoms with Gasteiger partial charge in [-0.1, -0.05) is 53.8 Å². The molecule has 0 N–H and O–H groups in total. The van der Waals surface area contributed by atoms with Crippen molar-refractivity contribution in [2.45, 2.75) is 13.5 Å². The number of para-hydroxylation sites is 1. The zero-order valence-corrected chi connectivity index (χ0v) is 14.5. The minimum atomic E-state index is 0.00696. The van der Waals surface area contributed by atoms with Crippen molar-refractivity contribution >= 4 is 11.3 Å². The van der Waals surface area contributed by atoms with Gasteiger partial charge in [-0.05, 0) is 24.6 Å². The summed E-state index contributed by atoms with van der Waals surface area (Å²) in [5.41, 5.74) is 4.77. The highest BCUT2D eigenvalue weighted by atomic mass is 32.1. The van der Waals surface area contributed by atoms with Crippen molar-refractivity contribution in [3.63, 3.8) is 0 Å². The van der Waals surface area contributed by atoms with E-state index in [1.807, 2.05) is 66.9 Å². The SMILES string of the molecule is Cc1ccccc1-c1csc(=O)n1Cc1cnn(-c2ccccc2)n1. The second-order valence-electron chi connectivity index (χ2n) is 5.75. The average molecular weight is 348 g/mol. The number of hydrogen-bond acceptors (Lipinski definition) is 4. The van der Waals surface area contributed by atoms with Crippen LogP contribution in [0.2, 0.25) is 0 Å². The van der Waals surface area contributed by atoms with Crippen LogP contribution in [0, 0.1) is 6.92 Å². The molecule has 0 aliphatic carbocycles. The number of nitrogens with zero attached hydrogens (tertiary/aromatic N) is 4. The van der Waals surface area contributed by atoms with Crippen LogP contribution in [0.15, 0.2) is 71.0 Å². The lowest BCUT2D eigenvalue weighted by Gasteiger charge is -2.08. The van der Waals surface area contributed by atoms with Crippen LogP contribution in [0.4, 0.5) is 0 Å². The van der Waals surface area contributed by atoms with Crippen LogP contribution >= 0.6 is 11.3 Å². The molecule has 2 aromatic heterocycles. The minimum Gasteiger partial charge on any atom is -0.293 e. The summed E-state index contributed by atoms with van der Waals surface area (Å²) in [6.07, 6.45) is 1.71. The molecule has 0 saturated heterocycles. The van der Waals surface area contributed by atoms with Crippen LogP contribution in [-0.4, -0.2) is 19.6 Å². The number of thiazole rings is 1. The molecule has 0 atom stereocenters. The fourth-order valence-electron chi connectivity index (χ4n) is 2.77. The Balaban J connectivity index is 1.69. The normalized spacial score (nSPS) is 10.9. The Morgan fingerprint density at radius 1 is 1.04 bits per heavy atom. The number of rotatable bonds is 4. The first-order valence-electron chi connectivity index (χ1n) is 7.93. The summed E-state index contributed by atoms with van der Waals surface area (Å²) in [6.45, 7) is 2.45. The van der Waals surface area contributed by atoms with E-state index in [1.165, 1.54) is 11.3 Å². The molecule has 0 aliphatic rings. The van der Waals surface area contributed by atoms with Crippen molar-refractivity contribution in [2.24, 2.45) is 0 Å². The maximum atomic E-state index is 12.3. The van der Waals surface area contributed by atoms with Crippen LogP contribution in [-0.2, 0) is 6.54 Å². The van der Waals surface area contributed by atoms with Crippen LogP contribution in [0.5, 0.6) is 0 Å². The summed E-state index contributed by atoms with van der Waals surface area (Å²) in [5.74, 6) is 0. The Hall–Kier alpha value is -2.99. The molecular formula is C19H16N4OS. The van der Waals surface area contributed by atoms with Gasteiger partial charge in [0.1, 0.15) is 5.69 Å². The molecule has 0 unspecified atom stereocenters. The molecule has 124 valence electrons. The van der Waals surface area contributed by atoms with Crippen molar-refractivity contribution in [2.75, 3.05) is 0 Å². The first-order valence-corrected chi connectivity index (χ1v) is 8.81. The summed E-state index contributed by atoms with van der Waals surface area (Å²) in [4.78, 5) is 13.9. The Morgan fingerprint density at radius 2 is 1.80 bits per heavy atom. The van der Waals surface area contributed by atoms with Gasteiger partial charge in [-0.15, -0.1) is 0 Å². The van der Waals surface area contributed by atoms with Crippen molar-refractivity contribution in [1.29, 1.82) is 0 Å². The van der Waals surface area contributed by atoms with Gasteiger partial charge in [0, 0.05) is 10.9 Å². The third-order valence-corrected chi connectivity index (χ3v) is 4.81. The largest absolute Gasteiger partial charge is 0.307 e. The third kappa shape index (κ3) is 3.04. The minimum absolute atomic E-state index is 0.00696. The molecule has 2 heterocycles. The molecule has 0 fully saturated rings. The highest BCUT2D eigenvalue weighted by Gasteiger charge is 2.13. The maximum Gasteiger partial charge on any atom is 0.307 e. The first-order chi connectivity index (χ1) is 12.2. The second kappa shape index (κ2) is 6.49. The second-order valence-corrected chi connectivity index (χ2v) is 6.57. The Kier molecular flexibility index (Phi) is 4.03. The molecule has 0 aliphatic heterocycles. The summed E-state index contributed by atoms with van der Waals surface area (Å²) in [5, 5.41) is 10.7. The van der Waals surface area contributed by atoms with Gasteiger partial charge in [0.2, 0.25) is 0 Å². The zero-order chi connectivity index (χ0) is 17.2. The molecule has 2 aromatic carbocycles. The topological polar surface area (TPSA) is 52.7 Å². The summed E-state index contributed by atoms with van der Waals surface area (Å²) in [7, 11) is 0. The summed E-state index contributed by atoms with van der Waals surface area (Å²) < 4.78 is 1.76. The smallest absolute Gasteiger partial charge is 0.293 e. The quantitative estimate of drug-likeness (QED) is 0.567. The van der Waals surface area contributed by atoms with E-state index in [-0.39, 0.29) is 4.87 Å². The number of benzene rings is 2. The zero-order valence-electron chi connectivity index (χ0n) is 13.7. The van der Waals surface area contributed by atoms with E-state index in [1.54, 1.807) is 15.6 Å². The highest BCUT2D eigenvalue weighted by molar-refractivity contribution is 7.07. The number of aryl methyl sites for hydroxylation is 1. The third-order valence-electron chi connectivity index (χ3n) is 4.05. The van der Waals surface area contributed by atoms with Gasteiger partial charge in [-0.25, -0.2) is 0 Å². The van der Waals surface area contributed by atoms with Crippen LogP contribution in [0.3, 0.4) is 0 Å². The van der Waals surface area contributed by atoms with Gasteiger partial charge in [-0.2, -0.15) is 15.0 Å². The van der Waals surface area contributed by atoms with Crippen LogP contribution in [0.1, 0.15) is 11.3 Å². The Labute approximate surface area is 148 Å². The maximum absolute atomic E-state index is 12.3. The van der Waals surface area contributed by atoms with E-state index in [0.717, 1.165) is 28.2 Å². The van der Waals surface area contributed by atoms with E-state index < -0.39 is 0 Å². The molecular weight excluding hydrogens is 332 g/mol. The fraction of sp³-hybridized carbons (Fsp3) is 0.105. The van der Waals surface area contributed by atoms with Crippen molar-refractivity contribution < 1.29 is 0 Å². The first kappa shape index (κ1) is 15.5. The van der Waals surface area contributed by atoms with Gasteiger partial charge in [-0.3, -0.25) is 9.36 Å². The predicted molar refractivity (Wildman–Crippen MR) is 99.2 cm³/mol.